The van der Waals surface area contributed by atoms with Crippen molar-refractivity contribution in [3.63, 3.8) is 0 Å². The number of likely N-dealkylation sites (N-methyl/N-ethyl adjacent to an activating group) is 1. The maximum atomic E-state index is 11.7. The second-order valence-corrected chi connectivity index (χ2v) is 4.44. The Hall–Kier alpha value is -1.06. The van der Waals surface area contributed by atoms with Crippen molar-refractivity contribution in [2.45, 2.75) is 40.2 Å². The topological polar surface area (TPSA) is 57.6 Å². The van der Waals surface area contributed by atoms with Crippen LogP contribution in [0.1, 0.15) is 34.1 Å². The Morgan fingerprint density at radius 1 is 1.20 bits per heavy atom. The van der Waals surface area contributed by atoms with Crippen molar-refractivity contribution in [2.24, 2.45) is 11.8 Å². The second-order valence-electron chi connectivity index (χ2n) is 4.44. The fourth-order valence-electron chi connectivity index (χ4n) is 1.04. The number of carbonyl (C=O) groups excluding carboxylic acids is 1. The average Bonchev–Trinajstić information content (AvgIpc) is 2.14. The number of hydrogen-bond donors (Lipinski definition) is 1. The molecule has 0 fully saturated rings. The highest BCUT2D eigenvalue weighted by molar-refractivity contribution is 5.83. The van der Waals surface area contributed by atoms with Gasteiger partial charge in [0.15, 0.2) is 0 Å². The Morgan fingerprint density at radius 3 is 2.00 bits per heavy atom. The van der Waals surface area contributed by atoms with E-state index in [1.165, 1.54) is 18.9 Å². The zero-order valence-corrected chi connectivity index (χ0v) is 10.2. The van der Waals surface area contributed by atoms with Gasteiger partial charge in [-0.3, -0.25) is 4.79 Å². The van der Waals surface area contributed by atoms with Gasteiger partial charge in [0.2, 0.25) is 5.91 Å². The van der Waals surface area contributed by atoms with Crippen molar-refractivity contribution in [1.82, 2.24) is 4.90 Å². The van der Waals surface area contributed by atoms with Gasteiger partial charge < -0.3 is 10.0 Å². The summed E-state index contributed by atoms with van der Waals surface area (Å²) in [6.45, 7) is 7.62. The molecule has 2 unspecified atom stereocenters. The Labute approximate surface area is 91.3 Å². The minimum Gasteiger partial charge on any atom is -0.480 e. The van der Waals surface area contributed by atoms with E-state index in [1.807, 2.05) is 6.92 Å². The summed E-state index contributed by atoms with van der Waals surface area (Å²) in [5, 5.41) is 8.75. The Balaban J connectivity index is 4.27. The molecule has 0 rings (SSSR count). The number of carboxylic acids is 1. The molecule has 0 aromatic carbocycles. The lowest BCUT2D eigenvalue weighted by molar-refractivity contribution is -0.148. The molecule has 0 aromatic rings. The summed E-state index contributed by atoms with van der Waals surface area (Å²) in [6.07, 6.45) is 0.409. The van der Waals surface area contributed by atoms with E-state index in [4.69, 9.17) is 5.11 Å². The zero-order chi connectivity index (χ0) is 12.2. The molecule has 0 radical (unpaired) electrons. The summed E-state index contributed by atoms with van der Waals surface area (Å²) in [5.41, 5.74) is 0. The van der Waals surface area contributed by atoms with Gasteiger partial charge in [-0.05, 0) is 18.8 Å². The standard InChI is InChI=1S/C11H21NO3/c1-7(2)8(3)6-10(13)12(5)9(4)11(14)15/h7-9H,6H2,1-5H3,(H,14,15). The Bertz CT molecular complexity index is 238. The predicted octanol–water partition coefficient (Wildman–Crippen LogP) is 1.60. The van der Waals surface area contributed by atoms with Gasteiger partial charge in [-0.15, -0.1) is 0 Å². The van der Waals surface area contributed by atoms with Crippen molar-refractivity contribution in [3.05, 3.63) is 0 Å². The van der Waals surface area contributed by atoms with E-state index < -0.39 is 12.0 Å². The Morgan fingerprint density at radius 2 is 1.67 bits per heavy atom. The third-order valence-electron chi connectivity index (χ3n) is 2.97. The van der Waals surface area contributed by atoms with Crippen LogP contribution in [0.2, 0.25) is 0 Å². The lowest BCUT2D eigenvalue weighted by atomic mass is 9.94. The van der Waals surface area contributed by atoms with Crippen molar-refractivity contribution in [2.75, 3.05) is 7.05 Å². The minimum atomic E-state index is -0.969. The average molecular weight is 215 g/mol. The van der Waals surface area contributed by atoms with Gasteiger partial charge >= 0.3 is 5.97 Å². The van der Waals surface area contributed by atoms with E-state index in [-0.39, 0.29) is 11.8 Å². The normalized spacial score (nSPS) is 14.8. The van der Waals surface area contributed by atoms with Crippen LogP contribution in [0.15, 0.2) is 0 Å². The summed E-state index contributed by atoms with van der Waals surface area (Å²) in [6, 6.07) is -0.753. The molecule has 0 aliphatic rings. The maximum absolute atomic E-state index is 11.7. The number of nitrogens with zero attached hydrogens (tertiary/aromatic N) is 1. The van der Waals surface area contributed by atoms with E-state index in [2.05, 4.69) is 13.8 Å². The SMILES string of the molecule is CC(C)C(C)CC(=O)N(C)C(C)C(=O)O. The third-order valence-corrected chi connectivity index (χ3v) is 2.97. The first-order valence-electron chi connectivity index (χ1n) is 5.25. The number of amides is 1. The number of aliphatic carboxylic acids is 1. The molecule has 88 valence electrons. The molecule has 0 spiro atoms. The molecular formula is C11H21NO3. The number of rotatable bonds is 5. The summed E-state index contributed by atoms with van der Waals surface area (Å²) >= 11 is 0. The zero-order valence-electron chi connectivity index (χ0n) is 10.2. The van der Waals surface area contributed by atoms with Crippen LogP contribution in [0.25, 0.3) is 0 Å². The first-order valence-corrected chi connectivity index (χ1v) is 5.25. The van der Waals surface area contributed by atoms with Gasteiger partial charge in [-0.2, -0.15) is 0 Å². The van der Waals surface area contributed by atoms with Gasteiger partial charge in [0.25, 0.3) is 0 Å². The van der Waals surface area contributed by atoms with Crippen molar-refractivity contribution < 1.29 is 14.7 Å². The van der Waals surface area contributed by atoms with Crippen molar-refractivity contribution in [3.8, 4) is 0 Å². The molecule has 4 nitrogen and oxygen atoms in total. The molecule has 0 saturated carbocycles. The highest BCUT2D eigenvalue weighted by Gasteiger charge is 2.23. The number of carboxylic acid groups (broad SMARTS) is 1. The van der Waals surface area contributed by atoms with E-state index in [0.717, 1.165) is 0 Å². The summed E-state index contributed by atoms with van der Waals surface area (Å²) in [4.78, 5) is 23.6. The molecule has 0 heterocycles. The van der Waals surface area contributed by atoms with E-state index in [9.17, 15) is 9.59 Å². The van der Waals surface area contributed by atoms with E-state index in [0.29, 0.717) is 12.3 Å². The summed E-state index contributed by atoms with van der Waals surface area (Å²) in [5.74, 6) is -0.363. The second kappa shape index (κ2) is 5.73. The molecule has 0 aromatic heterocycles. The highest BCUT2D eigenvalue weighted by atomic mass is 16.4. The lowest BCUT2D eigenvalue weighted by Crippen LogP contribution is -2.41. The Kier molecular flexibility index (Phi) is 5.33. The van der Waals surface area contributed by atoms with Crippen LogP contribution < -0.4 is 0 Å². The van der Waals surface area contributed by atoms with E-state index in [1.54, 1.807) is 0 Å². The molecule has 0 bridgehead atoms. The first-order chi connectivity index (χ1) is 6.77. The summed E-state index contributed by atoms with van der Waals surface area (Å²) < 4.78 is 0. The fourth-order valence-corrected chi connectivity index (χ4v) is 1.04. The fraction of sp³-hybridized carbons (Fsp3) is 0.818. The lowest BCUT2D eigenvalue weighted by Gasteiger charge is -2.24. The van der Waals surface area contributed by atoms with Crippen molar-refractivity contribution >= 4 is 11.9 Å². The van der Waals surface area contributed by atoms with Crippen LogP contribution in [0, 0.1) is 11.8 Å². The monoisotopic (exact) mass is 215 g/mol. The summed E-state index contributed by atoms with van der Waals surface area (Å²) in [7, 11) is 1.54. The third kappa shape index (κ3) is 4.32. The molecule has 0 saturated heterocycles. The molecule has 4 heteroatoms. The highest BCUT2D eigenvalue weighted by Crippen LogP contribution is 2.15. The van der Waals surface area contributed by atoms with Gasteiger partial charge in [-0.25, -0.2) is 4.79 Å². The maximum Gasteiger partial charge on any atom is 0.326 e. The number of carbonyl (C=O) groups is 2. The quantitative estimate of drug-likeness (QED) is 0.757. The first kappa shape index (κ1) is 13.9. The van der Waals surface area contributed by atoms with Crippen LogP contribution in [0.4, 0.5) is 0 Å². The van der Waals surface area contributed by atoms with Crippen LogP contribution in [0.5, 0.6) is 0 Å². The van der Waals surface area contributed by atoms with Gasteiger partial charge in [-0.1, -0.05) is 20.8 Å². The van der Waals surface area contributed by atoms with Crippen molar-refractivity contribution in [1.29, 1.82) is 0 Å². The van der Waals surface area contributed by atoms with Gasteiger partial charge in [0.05, 0.1) is 0 Å². The van der Waals surface area contributed by atoms with Gasteiger partial charge in [0, 0.05) is 13.5 Å². The molecule has 2 atom stereocenters. The molecule has 1 amide bonds. The van der Waals surface area contributed by atoms with Crippen LogP contribution >= 0.6 is 0 Å². The smallest absolute Gasteiger partial charge is 0.326 e. The molecule has 0 aliphatic carbocycles. The minimum absolute atomic E-state index is 0.105. The molecule has 0 aliphatic heterocycles. The number of hydrogen-bond acceptors (Lipinski definition) is 2. The molecule has 1 N–H and O–H groups in total. The van der Waals surface area contributed by atoms with Gasteiger partial charge in [0.1, 0.15) is 6.04 Å². The van der Waals surface area contributed by atoms with Crippen LogP contribution in [-0.2, 0) is 9.59 Å². The predicted molar refractivity (Wildman–Crippen MR) is 58.5 cm³/mol. The molecule has 15 heavy (non-hydrogen) atoms. The van der Waals surface area contributed by atoms with Crippen LogP contribution in [0.3, 0.4) is 0 Å². The largest absolute Gasteiger partial charge is 0.480 e. The van der Waals surface area contributed by atoms with E-state index >= 15 is 0 Å². The van der Waals surface area contributed by atoms with Crippen LogP contribution in [-0.4, -0.2) is 35.0 Å². The molecular weight excluding hydrogens is 194 g/mol.